The van der Waals surface area contributed by atoms with Crippen LogP contribution in [0.4, 0.5) is 4.39 Å². The Labute approximate surface area is 123 Å². The van der Waals surface area contributed by atoms with Gasteiger partial charge < -0.3 is 9.67 Å². The molecule has 0 aromatic carbocycles. The maximum atomic E-state index is 12.9. The van der Waals surface area contributed by atoms with Gasteiger partial charge in [-0.15, -0.1) is 0 Å². The number of aromatic nitrogens is 3. The average molecular weight is 290 g/mol. The highest BCUT2D eigenvalue weighted by Gasteiger charge is 2.23. The molecular weight excluding hydrogens is 271 g/mol. The molecule has 112 valence electrons. The molecule has 0 spiro atoms. The van der Waals surface area contributed by atoms with E-state index in [0.29, 0.717) is 5.69 Å². The van der Waals surface area contributed by atoms with Gasteiger partial charge in [-0.3, -0.25) is 9.88 Å². The topological polar surface area (TPSA) is 54.2 Å². The zero-order chi connectivity index (χ0) is 14.8. The van der Waals surface area contributed by atoms with Crippen LogP contribution in [-0.2, 0) is 13.1 Å². The molecule has 0 saturated carbocycles. The summed E-state index contributed by atoms with van der Waals surface area (Å²) in [6, 6.07) is 2.87. The monoisotopic (exact) mass is 290 g/mol. The second-order valence-corrected chi connectivity index (χ2v) is 5.60. The maximum Gasteiger partial charge on any atom is 0.141 e. The average Bonchev–Trinajstić information content (AvgIpc) is 2.95. The number of aliphatic hydroxyl groups excluding tert-OH is 1. The normalized spacial score (nSPS) is 18.2. The Morgan fingerprint density at radius 3 is 2.95 bits per heavy atom. The Balaban J connectivity index is 1.61. The molecule has 0 amide bonds. The molecule has 21 heavy (non-hydrogen) atoms. The Kier molecular flexibility index (Phi) is 3.98. The molecule has 2 unspecified atom stereocenters. The second-order valence-electron chi connectivity index (χ2n) is 5.60. The SMILES string of the molecule is CC(CN1CCn2ccnc2C1)C(O)c1ccc(F)cn1. The van der Waals surface area contributed by atoms with Crippen molar-refractivity contribution in [3.8, 4) is 0 Å². The molecule has 1 N–H and O–H groups in total. The van der Waals surface area contributed by atoms with Crippen molar-refractivity contribution in [1.82, 2.24) is 19.4 Å². The van der Waals surface area contributed by atoms with Gasteiger partial charge in [0.05, 0.1) is 24.5 Å². The third-order valence-electron chi connectivity index (χ3n) is 3.96. The Morgan fingerprint density at radius 2 is 2.19 bits per heavy atom. The first-order valence-corrected chi connectivity index (χ1v) is 7.15. The Hall–Kier alpha value is -1.79. The van der Waals surface area contributed by atoms with Crippen LogP contribution in [0.5, 0.6) is 0 Å². The molecule has 0 fully saturated rings. The molecule has 0 aliphatic carbocycles. The summed E-state index contributed by atoms with van der Waals surface area (Å²) < 4.78 is 15.0. The zero-order valence-corrected chi connectivity index (χ0v) is 12.0. The van der Waals surface area contributed by atoms with E-state index in [1.165, 1.54) is 6.07 Å². The van der Waals surface area contributed by atoms with Gasteiger partial charge in [0, 0.05) is 37.9 Å². The van der Waals surface area contributed by atoms with Crippen molar-refractivity contribution in [3.63, 3.8) is 0 Å². The number of hydrogen-bond donors (Lipinski definition) is 1. The van der Waals surface area contributed by atoms with Crippen molar-refractivity contribution < 1.29 is 9.50 Å². The minimum Gasteiger partial charge on any atom is -0.386 e. The van der Waals surface area contributed by atoms with Crippen LogP contribution in [0.3, 0.4) is 0 Å². The summed E-state index contributed by atoms with van der Waals surface area (Å²) in [5, 5.41) is 10.3. The number of pyridine rings is 1. The van der Waals surface area contributed by atoms with E-state index in [9.17, 15) is 9.50 Å². The van der Waals surface area contributed by atoms with Gasteiger partial charge in [0.25, 0.3) is 0 Å². The first-order chi connectivity index (χ1) is 10.1. The van der Waals surface area contributed by atoms with Gasteiger partial charge in [0.15, 0.2) is 0 Å². The summed E-state index contributed by atoms with van der Waals surface area (Å²) in [4.78, 5) is 10.6. The van der Waals surface area contributed by atoms with Crippen LogP contribution in [0.1, 0.15) is 24.5 Å². The smallest absolute Gasteiger partial charge is 0.141 e. The van der Waals surface area contributed by atoms with Crippen LogP contribution in [0.2, 0.25) is 0 Å². The number of nitrogens with zero attached hydrogens (tertiary/aromatic N) is 4. The molecule has 1 aliphatic rings. The fraction of sp³-hybridized carbons (Fsp3) is 0.467. The van der Waals surface area contributed by atoms with E-state index in [0.717, 1.165) is 38.2 Å². The van der Waals surface area contributed by atoms with Gasteiger partial charge in [-0.25, -0.2) is 9.37 Å². The molecule has 3 heterocycles. The molecule has 1 aliphatic heterocycles. The highest BCUT2D eigenvalue weighted by atomic mass is 19.1. The minimum absolute atomic E-state index is 0.0180. The fourth-order valence-electron chi connectivity index (χ4n) is 2.74. The number of hydrogen-bond acceptors (Lipinski definition) is 4. The van der Waals surface area contributed by atoms with E-state index in [1.54, 1.807) is 6.07 Å². The van der Waals surface area contributed by atoms with Crippen LogP contribution in [0.15, 0.2) is 30.7 Å². The minimum atomic E-state index is -0.688. The summed E-state index contributed by atoms with van der Waals surface area (Å²) in [5.41, 5.74) is 0.516. The predicted molar refractivity (Wildman–Crippen MR) is 75.8 cm³/mol. The maximum absolute atomic E-state index is 12.9. The van der Waals surface area contributed by atoms with Crippen molar-refractivity contribution in [2.24, 2.45) is 5.92 Å². The van der Waals surface area contributed by atoms with Gasteiger partial charge in [0.1, 0.15) is 11.6 Å². The number of halogens is 1. The molecule has 2 aromatic rings. The predicted octanol–water partition coefficient (Wildman–Crippen LogP) is 1.60. The summed E-state index contributed by atoms with van der Waals surface area (Å²) in [6.07, 6.45) is 4.27. The highest BCUT2D eigenvalue weighted by molar-refractivity contribution is 5.09. The van der Waals surface area contributed by atoms with Crippen molar-refractivity contribution >= 4 is 0 Å². The lowest BCUT2D eigenvalue weighted by Crippen LogP contribution is -2.37. The molecule has 0 bridgehead atoms. The molecule has 2 aromatic heterocycles. The van der Waals surface area contributed by atoms with Gasteiger partial charge in [0.2, 0.25) is 0 Å². The molecule has 3 rings (SSSR count). The van der Waals surface area contributed by atoms with Gasteiger partial charge in [-0.1, -0.05) is 6.92 Å². The second kappa shape index (κ2) is 5.91. The summed E-state index contributed by atoms with van der Waals surface area (Å²) in [7, 11) is 0. The van der Waals surface area contributed by atoms with E-state index in [1.807, 2.05) is 19.3 Å². The van der Waals surface area contributed by atoms with Crippen LogP contribution in [-0.4, -0.2) is 37.6 Å². The first-order valence-electron chi connectivity index (χ1n) is 7.15. The summed E-state index contributed by atoms with van der Waals surface area (Å²) >= 11 is 0. The Bertz CT molecular complexity index is 598. The Morgan fingerprint density at radius 1 is 1.33 bits per heavy atom. The van der Waals surface area contributed by atoms with Crippen LogP contribution in [0.25, 0.3) is 0 Å². The molecule has 0 radical (unpaired) electrons. The van der Waals surface area contributed by atoms with Crippen LogP contribution < -0.4 is 0 Å². The van der Waals surface area contributed by atoms with Crippen molar-refractivity contribution in [3.05, 3.63) is 48.1 Å². The molecular formula is C15H19FN4O. The molecule has 0 saturated heterocycles. The van der Waals surface area contributed by atoms with E-state index in [4.69, 9.17) is 0 Å². The number of fused-ring (bicyclic) bond motifs is 1. The third-order valence-corrected chi connectivity index (χ3v) is 3.96. The quantitative estimate of drug-likeness (QED) is 0.929. The van der Waals surface area contributed by atoms with E-state index >= 15 is 0 Å². The number of imidazole rings is 1. The van der Waals surface area contributed by atoms with Crippen LogP contribution >= 0.6 is 0 Å². The first kappa shape index (κ1) is 14.2. The highest BCUT2D eigenvalue weighted by Crippen LogP contribution is 2.22. The van der Waals surface area contributed by atoms with E-state index in [-0.39, 0.29) is 11.7 Å². The van der Waals surface area contributed by atoms with Crippen molar-refractivity contribution in [1.29, 1.82) is 0 Å². The molecule has 5 nitrogen and oxygen atoms in total. The standard InChI is InChI=1S/C15H19FN4O/c1-11(15(21)13-3-2-12(16)8-18-13)9-19-6-7-20-5-4-17-14(20)10-19/h2-5,8,11,15,21H,6-7,9-10H2,1H3. The summed E-state index contributed by atoms with van der Waals surface area (Å²) in [5.74, 6) is 0.689. The van der Waals surface area contributed by atoms with Gasteiger partial charge in [-0.05, 0) is 12.1 Å². The lowest BCUT2D eigenvalue weighted by Gasteiger charge is -2.31. The van der Waals surface area contributed by atoms with Gasteiger partial charge >= 0.3 is 0 Å². The fourth-order valence-corrected chi connectivity index (χ4v) is 2.74. The lowest BCUT2D eigenvalue weighted by atomic mass is 10.0. The molecule has 2 atom stereocenters. The zero-order valence-electron chi connectivity index (χ0n) is 12.0. The van der Waals surface area contributed by atoms with Crippen molar-refractivity contribution in [2.75, 3.05) is 13.1 Å². The molecule has 6 heteroatoms. The van der Waals surface area contributed by atoms with Crippen LogP contribution in [0, 0.1) is 11.7 Å². The number of aliphatic hydroxyl groups is 1. The number of rotatable bonds is 4. The van der Waals surface area contributed by atoms with Crippen molar-refractivity contribution in [2.45, 2.75) is 26.1 Å². The lowest BCUT2D eigenvalue weighted by molar-refractivity contribution is 0.0758. The van der Waals surface area contributed by atoms with Gasteiger partial charge in [-0.2, -0.15) is 0 Å². The van der Waals surface area contributed by atoms with E-state index < -0.39 is 6.10 Å². The summed E-state index contributed by atoms with van der Waals surface area (Å²) in [6.45, 7) is 5.40. The van der Waals surface area contributed by atoms with E-state index in [2.05, 4.69) is 19.4 Å². The largest absolute Gasteiger partial charge is 0.386 e. The third kappa shape index (κ3) is 3.11.